The Morgan fingerprint density at radius 2 is 2.00 bits per heavy atom. The van der Waals surface area contributed by atoms with E-state index in [9.17, 15) is 8.42 Å². The Bertz CT molecular complexity index is 490. The second kappa shape index (κ2) is 5.90. The summed E-state index contributed by atoms with van der Waals surface area (Å²) in [5.41, 5.74) is 0. The van der Waals surface area contributed by atoms with Gasteiger partial charge in [0.2, 0.25) is 10.0 Å². The summed E-state index contributed by atoms with van der Waals surface area (Å²) in [6.07, 6.45) is 5.32. The molecule has 0 radical (unpaired) electrons. The minimum atomic E-state index is -3.38. The molecule has 102 valence electrons. The fraction of sp³-hybridized carbons (Fsp3) is 0.667. The SMILES string of the molecule is CCC1CCC(NS(=O)(=O)c2ccc(Cl)s2)CC1. The van der Waals surface area contributed by atoms with E-state index >= 15 is 0 Å². The van der Waals surface area contributed by atoms with Crippen molar-refractivity contribution in [1.29, 1.82) is 0 Å². The van der Waals surface area contributed by atoms with Crippen LogP contribution in [0.5, 0.6) is 0 Å². The molecule has 1 aliphatic carbocycles. The van der Waals surface area contributed by atoms with E-state index in [1.807, 2.05) is 0 Å². The Hall–Kier alpha value is -0.100. The molecule has 1 aliphatic rings. The smallest absolute Gasteiger partial charge is 0.207 e. The first-order valence-electron chi connectivity index (χ1n) is 6.29. The highest BCUT2D eigenvalue weighted by Gasteiger charge is 2.25. The van der Waals surface area contributed by atoms with Crippen LogP contribution in [0.4, 0.5) is 0 Å². The van der Waals surface area contributed by atoms with Crippen LogP contribution in [-0.2, 0) is 10.0 Å². The van der Waals surface area contributed by atoms with Crippen molar-refractivity contribution in [2.45, 2.75) is 49.3 Å². The summed E-state index contributed by atoms with van der Waals surface area (Å²) in [6.45, 7) is 2.20. The van der Waals surface area contributed by atoms with Crippen LogP contribution >= 0.6 is 22.9 Å². The number of thiophene rings is 1. The van der Waals surface area contributed by atoms with Gasteiger partial charge in [0.25, 0.3) is 0 Å². The Labute approximate surface area is 118 Å². The van der Waals surface area contributed by atoms with Gasteiger partial charge in [0.15, 0.2) is 0 Å². The van der Waals surface area contributed by atoms with Crippen LogP contribution in [0, 0.1) is 5.92 Å². The second-order valence-corrected chi connectivity index (χ2v) is 8.46. The van der Waals surface area contributed by atoms with Crippen LogP contribution in [-0.4, -0.2) is 14.5 Å². The van der Waals surface area contributed by atoms with E-state index in [1.54, 1.807) is 12.1 Å². The van der Waals surface area contributed by atoms with Gasteiger partial charge in [-0.2, -0.15) is 0 Å². The molecule has 0 atom stereocenters. The lowest BCUT2D eigenvalue weighted by Gasteiger charge is -2.27. The average molecular weight is 308 g/mol. The number of hydrogen-bond donors (Lipinski definition) is 1. The van der Waals surface area contributed by atoms with E-state index in [1.165, 1.54) is 6.42 Å². The molecule has 2 rings (SSSR count). The van der Waals surface area contributed by atoms with Crippen molar-refractivity contribution in [2.24, 2.45) is 5.92 Å². The van der Waals surface area contributed by atoms with Crippen molar-refractivity contribution in [1.82, 2.24) is 4.72 Å². The van der Waals surface area contributed by atoms with E-state index in [-0.39, 0.29) is 6.04 Å². The summed E-state index contributed by atoms with van der Waals surface area (Å²) < 4.78 is 27.8. The van der Waals surface area contributed by atoms with Crippen molar-refractivity contribution >= 4 is 33.0 Å². The van der Waals surface area contributed by atoms with Gasteiger partial charge >= 0.3 is 0 Å². The molecule has 18 heavy (non-hydrogen) atoms. The molecule has 0 aromatic carbocycles. The molecule has 1 heterocycles. The Morgan fingerprint density at radius 1 is 1.33 bits per heavy atom. The highest BCUT2D eigenvalue weighted by atomic mass is 35.5. The Kier molecular flexibility index (Phi) is 4.69. The molecule has 0 saturated heterocycles. The van der Waals surface area contributed by atoms with Crippen LogP contribution in [0.25, 0.3) is 0 Å². The minimum absolute atomic E-state index is 0.0821. The molecular formula is C12H18ClNO2S2. The third kappa shape index (κ3) is 3.47. The van der Waals surface area contributed by atoms with Gasteiger partial charge in [-0.15, -0.1) is 11.3 Å². The zero-order chi connectivity index (χ0) is 13.2. The standard InChI is InChI=1S/C12H18ClNO2S2/c1-2-9-3-5-10(6-4-9)14-18(15,16)12-8-7-11(13)17-12/h7-10,14H,2-6H2,1H3. The van der Waals surface area contributed by atoms with Gasteiger partial charge in [0.05, 0.1) is 4.34 Å². The van der Waals surface area contributed by atoms with E-state index < -0.39 is 10.0 Å². The topological polar surface area (TPSA) is 46.2 Å². The molecule has 0 spiro atoms. The quantitative estimate of drug-likeness (QED) is 0.923. The van der Waals surface area contributed by atoms with Gasteiger partial charge in [-0.3, -0.25) is 0 Å². The molecule has 1 N–H and O–H groups in total. The largest absolute Gasteiger partial charge is 0.250 e. The first-order valence-corrected chi connectivity index (χ1v) is 8.96. The monoisotopic (exact) mass is 307 g/mol. The number of sulfonamides is 1. The lowest BCUT2D eigenvalue weighted by molar-refractivity contribution is 0.306. The van der Waals surface area contributed by atoms with Crippen LogP contribution in [0.1, 0.15) is 39.0 Å². The third-order valence-electron chi connectivity index (χ3n) is 3.56. The summed E-state index contributed by atoms with van der Waals surface area (Å²) >= 11 is 6.88. The van der Waals surface area contributed by atoms with Gasteiger partial charge in [0, 0.05) is 6.04 Å². The van der Waals surface area contributed by atoms with Crippen LogP contribution in [0.2, 0.25) is 4.34 Å². The molecule has 6 heteroatoms. The summed E-state index contributed by atoms with van der Waals surface area (Å²) in [6, 6.07) is 3.26. The molecule has 1 aromatic rings. The maximum atomic E-state index is 12.1. The summed E-state index contributed by atoms with van der Waals surface area (Å²) in [4.78, 5) is 0. The van der Waals surface area contributed by atoms with Crippen molar-refractivity contribution in [2.75, 3.05) is 0 Å². The van der Waals surface area contributed by atoms with Gasteiger partial charge in [-0.25, -0.2) is 13.1 Å². The number of halogens is 1. The van der Waals surface area contributed by atoms with E-state index in [2.05, 4.69) is 11.6 Å². The van der Waals surface area contributed by atoms with Crippen molar-refractivity contribution in [3.8, 4) is 0 Å². The second-order valence-electron chi connectivity index (χ2n) is 4.81. The van der Waals surface area contributed by atoms with Gasteiger partial charge in [-0.05, 0) is 43.7 Å². The summed E-state index contributed by atoms with van der Waals surface area (Å²) in [5.74, 6) is 0.766. The lowest BCUT2D eigenvalue weighted by atomic mass is 9.85. The van der Waals surface area contributed by atoms with E-state index in [0.717, 1.165) is 42.9 Å². The van der Waals surface area contributed by atoms with Gasteiger partial charge < -0.3 is 0 Å². The molecule has 1 aromatic heterocycles. The maximum Gasteiger partial charge on any atom is 0.250 e. The molecule has 3 nitrogen and oxygen atoms in total. The Morgan fingerprint density at radius 3 is 2.50 bits per heavy atom. The average Bonchev–Trinajstić information content (AvgIpc) is 2.77. The number of rotatable bonds is 4. The Balaban J connectivity index is 1.97. The lowest BCUT2D eigenvalue weighted by Crippen LogP contribution is -2.37. The van der Waals surface area contributed by atoms with Crippen LogP contribution < -0.4 is 4.72 Å². The zero-order valence-electron chi connectivity index (χ0n) is 10.4. The van der Waals surface area contributed by atoms with Gasteiger partial charge in [-0.1, -0.05) is 24.9 Å². The maximum absolute atomic E-state index is 12.1. The predicted octanol–water partition coefficient (Wildman–Crippen LogP) is 3.65. The van der Waals surface area contributed by atoms with Crippen molar-refractivity contribution in [3.63, 3.8) is 0 Å². The molecule has 0 bridgehead atoms. The molecule has 1 fully saturated rings. The molecule has 0 aliphatic heterocycles. The van der Waals surface area contributed by atoms with E-state index in [0.29, 0.717) is 8.55 Å². The first-order chi connectivity index (χ1) is 8.51. The third-order valence-corrected chi connectivity index (χ3v) is 6.80. The van der Waals surface area contributed by atoms with Gasteiger partial charge in [0.1, 0.15) is 4.21 Å². The van der Waals surface area contributed by atoms with E-state index in [4.69, 9.17) is 11.6 Å². The van der Waals surface area contributed by atoms with Crippen LogP contribution in [0.15, 0.2) is 16.3 Å². The first kappa shape index (κ1) is 14.3. The summed E-state index contributed by atoms with van der Waals surface area (Å²) in [5, 5.41) is 0. The molecule has 1 saturated carbocycles. The summed E-state index contributed by atoms with van der Waals surface area (Å²) in [7, 11) is -3.38. The predicted molar refractivity (Wildman–Crippen MR) is 75.7 cm³/mol. The number of hydrogen-bond acceptors (Lipinski definition) is 3. The molecule has 0 amide bonds. The minimum Gasteiger partial charge on any atom is -0.207 e. The van der Waals surface area contributed by atoms with Crippen LogP contribution in [0.3, 0.4) is 0 Å². The molecule has 0 unspecified atom stereocenters. The highest BCUT2D eigenvalue weighted by Crippen LogP contribution is 2.29. The van der Waals surface area contributed by atoms with Crippen molar-refractivity contribution in [3.05, 3.63) is 16.5 Å². The fourth-order valence-corrected chi connectivity index (χ4v) is 5.21. The highest BCUT2D eigenvalue weighted by molar-refractivity contribution is 7.91. The fourth-order valence-electron chi connectivity index (χ4n) is 2.41. The number of nitrogens with one attached hydrogen (secondary N) is 1. The molecular weight excluding hydrogens is 290 g/mol. The van der Waals surface area contributed by atoms with Crippen molar-refractivity contribution < 1.29 is 8.42 Å². The zero-order valence-corrected chi connectivity index (χ0v) is 12.7. The normalized spacial score (nSPS) is 25.2.